The van der Waals surface area contributed by atoms with Gasteiger partial charge in [0.05, 0.1) is 23.1 Å². The Morgan fingerprint density at radius 1 is 1.10 bits per heavy atom. The summed E-state index contributed by atoms with van der Waals surface area (Å²) in [4.78, 5) is 28.6. The highest BCUT2D eigenvalue weighted by Gasteiger charge is 2.07. The SMILES string of the molecule is O=C(Cc1ccc2[nH]c(=O)[nH]c2c1)Nc1ccccc1Br. The van der Waals surface area contributed by atoms with Crippen LogP contribution in [0.15, 0.2) is 51.7 Å². The average Bonchev–Trinajstić information content (AvgIpc) is 2.80. The highest BCUT2D eigenvalue weighted by Crippen LogP contribution is 2.21. The lowest BCUT2D eigenvalue weighted by molar-refractivity contribution is -0.115. The van der Waals surface area contributed by atoms with Crippen molar-refractivity contribution in [3.8, 4) is 0 Å². The Hall–Kier alpha value is -2.34. The van der Waals surface area contributed by atoms with Crippen molar-refractivity contribution >= 4 is 38.6 Å². The first-order valence-corrected chi connectivity index (χ1v) is 7.16. The lowest BCUT2D eigenvalue weighted by Gasteiger charge is -2.07. The van der Waals surface area contributed by atoms with Crippen molar-refractivity contribution in [3.05, 3.63) is 63.0 Å². The first-order chi connectivity index (χ1) is 10.1. The number of carbonyl (C=O) groups excluding carboxylic acids is 1. The number of imidazole rings is 1. The summed E-state index contributed by atoms with van der Waals surface area (Å²) >= 11 is 3.39. The van der Waals surface area contributed by atoms with E-state index in [1.54, 1.807) is 12.1 Å². The quantitative estimate of drug-likeness (QED) is 0.682. The van der Waals surface area contributed by atoms with Gasteiger partial charge in [-0.15, -0.1) is 0 Å². The fourth-order valence-electron chi connectivity index (χ4n) is 2.13. The van der Waals surface area contributed by atoms with Gasteiger partial charge in [0.25, 0.3) is 0 Å². The van der Waals surface area contributed by atoms with E-state index in [0.717, 1.165) is 21.2 Å². The van der Waals surface area contributed by atoms with Crippen LogP contribution in [0, 0.1) is 0 Å². The van der Waals surface area contributed by atoms with Gasteiger partial charge >= 0.3 is 5.69 Å². The molecule has 1 amide bonds. The van der Waals surface area contributed by atoms with Gasteiger partial charge in [-0.3, -0.25) is 4.79 Å². The lowest BCUT2D eigenvalue weighted by atomic mass is 10.1. The predicted molar refractivity (Wildman–Crippen MR) is 85.4 cm³/mol. The van der Waals surface area contributed by atoms with E-state index in [0.29, 0.717) is 5.52 Å². The number of benzene rings is 2. The van der Waals surface area contributed by atoms with Crippen molar-refractivity contribution in [1.29, 1.82) is 0 Å². The van der Waals surface area contributed by atoms with E-state index in [-0.39, 0.29) is 18.0 Å². The number of aromatic nitrogens is 2. The standard InChI is InChI=1S/C15H12BrN3O2/c16-10-3-1-2-4-11(10)17-14(20)8-9-5-6-12-13(7-9)19-15(21)18-12/h1-7H,8H2,(H,17,20)(H2,18,19,21). The van der Waals surface area contributed by atoms with Crippen LogP contribution in [0.4, 0.5) is 5.69 Å². The number of fused-ring (bicyclic) bond motifs is 1. The number of H-pyrrole nitrogens is 2. The number of carbonyl (C=O) groups is 1. The van der Waals surface area contributed by atoms with Crippen molar-refractivity contribution in [3.63, 3.8) is 0 Å². The highest BCUT2D eigenvalue weighted by molar-refractivity contribution is 9.10. The van der Waals surface area contributed by atoms with Crippen LogP contribution in [0.3, 0.4) is 0 Å². The molecule has 0 unspecified atom stereocenters. The molecule has 106 valence electrons. The molecule has 0 spiro atoms. The molecular weight excluding hydrogens is 334 g/mol. The summed E-state index contributed by atoms with van der Waals surface area (Å²) in [7, 11) is 0. The smallest absolute Gasteiger partial charge is 0.323 e. The Balaban J connectivity index is 1.77. The molecular formula is C15H12BrN3O2. The summed E-state index contributed by atoms with van der Waals surface area (Å²) in [5.74, 6) is -0.112. The maximum atomic E-state index is 12.1. The molecule has 21 heavy (non-hydrogen) atoms. The van der Waals surface area contributed by atoms with Crippen molar-refractivity contribution in [2.75, 3.05) is 5.32 Å². The molecule has 0 radical (unpaired) electrons. The Labute approximate surface area is 128 Å². The van der Waals surface area contributed by atoms with E-state index in [9.17, 15) is 9.59 Å². The summed E-state index contributed by atoms with van der Waals surface area (Å²) < 4.78 is 0.837. The summed E-state index contributed by atoms with van der Waals surface area (Å²) in [6.45, 7) is 0. The van der Waals surface area contributed by atoms with Gasteiger partial charge in [-0.2, -0.15) is 0 Å². The Kier molecular flexibility index (Phi) is 3.62. The summed E-state index contributed by atoms with van der Waals surface area (Å²) in [5.41, 5.74) is 2.75. The van der Waals surface area contributed by atoms with Crippen molar-refractivity contribution < 1.29 is 4.79 Å². The fraction of sp³-hybridized carbons (Fsp3) is 0.0667. The third-order valence-corrected chi connectivity index (χ3v) is 3.78. The van der Waals surface area contributed by atoms with Crippen LogP contribution in [-0.2, 0) is 11.2 Å². The van der Waals surface area contributed by atoms with Crippen molar-refractivity contribution in [2.24, 2.45) is 0 Å². The molecule has 3 N–H and O–H groups in total. The van der Waals surface area contributed by atoms with Gasteiger partial charge in [0.15, 0.2) is 0 Å². The zero-order chi connectivity index (χ0) is 14.8. The molecule has 0 saturated heterocycles. The third-order valence-electron chi connectivity index (χ3n) is 3.09. The first kappa shape index (κ1) is 13.6. The number of aromatic amines is 2. The van der Waals surface area contributed by atoms with Crippen molar-refractivity contribution in [1.82, 2.24) is 9.97 Å². The molecule has 6 heteroatoms. The molecule has 0 aliphatic heterocycles. The molecule has 0 saturated carbocycles. The van der Waals surface area contributed by atoms with Gasteiger partial charge in [0, 0.05) is 4.47 Å². The number of halogens is 1. The van der Waals surface area contributed by atoms with E-state index >= 15 is 0 Å². The lowest BCUT2D eigenvalue weighted by Crippen LogP contribution is -2.14. The Morgan fingerprint density at radius 2 is 1.86 bits per heavy atom. The van der Waals surface area contributed by atoms with Crippen LogP contribution in [0.1, 0.15) is 5.56 Å². The Bertz CT molecular complexity index is 866. The molecule has 1 heterocycles. The van der Waals surface area contributed by atoms with Crippen LogP contribution < -0.4 is 11.0 Å². The second-order valence-electron chi connectivity index (χ2n) is 4.66. The number of hydrogen-bond acceptors (Lipinski definition) is 2. The van der Waals surface area contributed by atoms with Gasteiger partial charge < -0.3 is 15.3 Å². The molecule has 2 aromatic carbocycles. The predicted octanol–water partition coefficient (Wildman–Crippen LogP) is 2.80. The van der Waals surface area contributed by atoms with E-state index in [1.807, 2.05) is 30.3 Å². The summed E-state index contributed by atoms with van der Waals surface area (Å²) in [6.07, 6.45) is 0.241. The molecule has 3 aromatic rings. The summed E-state index contributed by atoms with van der Waals surface area (Å²) in [6, 6.07) is 12.8. The normalized spacial score (nSPS) is 10.7. The summed E-state index contributed by atoms with van der Waals surface area (Å²) in [5, 5.41) is 2.85. The Morgan fingerprint density at radius 3 is 2.67 bits per heavy atom. The van der Waals surface area contributed by atoms with Gasteiger partial charge in [-0.05, 0) is 45.8 Å². The molecule has 0 aliphatic rings. The zero-order valence-electron chi connectivity index (χ0n) is 10.9. The molecule has 1 aromatic heterocycles. The van der Waals surface area contributed by atoms with Crippen molar-refractivity contribution in [2.45, 2.75) is 6.42 Å². The first-order valence-electron chi connectivity index (χ1n) is 6.37. The van der Waals surface area contributed by atoms with Crippen LogP contribution in [0.25, 0.3) is 11.0 Å². The van der Waals surface area contributed by atoms with Gasteiger partial charge in [-0.1, -0.05) is 18.2 Å². The number of rotatable bonds is 3. The third kappa shape index (κ3) is 3.05. The largest absolute Gasteiger partial charge is 0.325 e. The molecule has 3 rings (SSSR count). The van der Waals surface area contributed by atoms with E-state index in [2.05, 4.69) is 31.2 Å². The second-order valence-corrected chi connectivity index (χ2v) is 5.52. The highest BCUT2D eigenvalue weighted by atomic mass is 79.9. The van der Waals surface area contributed by atoms with E-state index in [1.165, 1.54) is 0 Å². The molecule has 0 bridgehead atoms. The number of para-hydroxylation sites is 1. The van der Waals surface area contributed by atoms with Crippen LogP contribution >= 0.6 is 15.9 Å². The molecule has 0 aliphatic carbocycles. The monoisotopic (exact) mass is 345 g/mol. The molecule has 0 atom stereocenters. The maximum Gasteiger partial charge on any atom is 0.323 e. The molecule has 5 nitrogen and oxygen atoms in total. The number of hydrogen-bond donors (Lipinski definition) is 3. The van der Waals surface area contributed by atoms with Crippen LogP contribution in [-0.4, -0.2) is 15.9 Å². The minimum Gasteiger partial charge on any atom is -0.325 e. The van der Waals surface area contributed by atoms with Crippen LogP contribution in [0.2, 0.25) is 0 Å². The van der Waals surface area contributed by atoms with Gasteiger partial charge in [0.2, 0.25) is 5.91 Å². The minimum atomic E-state index is -0.250. The second kappa shape index (κ2) is 5.57. The molecule has 0 fully saturated rings. The maximum absolute atomic E-state index is 12.1. The topological polar surface area (TPSA) is 77.8 Å². The van der Waals surface area contributed by atoms with E-state index in [4.69, 9.17) is 0 Å². The zero-order valence-corrected chi connectivity index (χ0v) is 12.5. The number of amides is 1. The fourth-order valence-corrected chi connectivity index (χ4v) is 2.52. The average molecular weight is 346 g/mol. The number of nitrogens with one attached hydrogen (secondary N) is 3. The van der Waals surface area contributed by atoms with E-state index < -0.39 is 0 Å². The van der Waals surface area contributed by atoms with Gasteiger partial charge in [-0.25, -0.2) is 4.79 Å². The van der Waals surface area contributed by atoms with Gasteiger partial charge in [0.1, 0.15) is 0 Å². The van der Waals surface area contributed by atoms with Crippen LogP contribution in [0.5, 0.6) is 0 Å². The number of anilines is 1. The minimum absolute atomic E-state index is 0.112.